The van der Waals surface area contributed by atoms with E-state index in [1.165, 1.54) is 25.6 Å². The Morgan fingerprint density at radius 1 is 1.15 bits per heavy atom. The van der Waals surface area contributed by atoms with E-state index in [1.54, 1.807) is 6.20 Å². The Labute approximate surface area is 186 Å². The molecule has 0 saturated heterocycles. The maximum Gasteiger partial charge on any atom is 0.305 e. The predicted molar refractivity (Wildman–Crippen MR) is 108 cm³/mol. The Kier molecular flexibility index (Phi) is 21.9. The third-order valence-corrected chi connectivity index (χ3v) is 3.87. The second-order valence-corrected chi connectivity index (χ2v) is 6.57. The second-order valence-electron chi connectivity index (χ2n) is 4.39. The number of nitrogens with two attached hydrogens (primary N) is 3. The van der Waals surface area contributed by atoms with Gasteiger partial charge in [0.15, 0.2) is 10.2 Å². The fraction of sp³-hybridized carbons (Fsp3) is 0.500. The van der Waals surface area contributed by atoms with Crippen LogP contribution in [0.25, 0.3) is 0 Å². The van der Waals surface area contributed by atoms with E-state index < -0.39 is 0 Å². The normalized spacial score (nSPS) is 8.56. The topological polar surface area (TPSA) is 161 Å². The number of carbonyl (C=O) groups is 3. The van der Waals surface area contributed by atoms with Gasteiger partial charge in [0.25, 0.3) is 0 Å². The average Bonchev–Trinajstić information content (AvgIpc) is 3.02. The molecule has 0 aliphatic heterocycles. The number of hydrogen-bond acceptors (Lipinski definition) is 9. The van der Waals surface area contributed by atoms with Crippen molar-refractivity contribution in [3.63, 3.8) is 0 Å². The summed E-state index contributed by atoms with van der Waals surface area (Å²) in [5, 5.41) is 0.846. The molecule has 0 bridgehead atoms. The first kappa shape index (κ1) is 30.4. The molecule has 0 spiro atoms. The number of aryl methyl sites for hydroxylation is 1. The maximum absolute atomic E-state index is 10.7. The summed E-state index contributed by atoms with van der Waals surface area (Å²) >= 11 is 8.48. The molecule has 0 fully saturated rings. The molecule has 6 N–H and O–H groups in total. The summed E-state index contributed by atoms with van der Waals surface area (Å²) in [7, 11) is 2.68. The number of aromatic nitrogens is 1. The van der Waals surface area contributed by atoms with Crippen LogP contribution in [0.2, 0.25) is 0 Å². The van der Waals surface area contributed by atoms with E-state index in [9.17, 15) is 14.4 Å². The number of hydrogen-bond donors (Lipinski definition) is 3. The zero-order valence-electron chi connectivity index (χ0n) is 14.9. The van der Waals surface area contributed by atoms with E-state index in [-0.39, 0.29) is 52.7 Å². The number of halogens is 2. The van der Waals surface area contributed by atoms with Gasteiger partial charge in [0, 0.05) is 17.5 Å². The molecule has 1 aromatic rings. The average molecular weight is 551 g/mol. The second kappa shape index (κ2) is 19.5. The van der Waals surface area contributed by atoms with Crippen molar-refractivity contribution in [3.8, 4) is 0 Å². The summed E-state index contributed by atoms with van der Waals surface area (Å²) in [4.78, 5) is 36.6. The van der Waals surface area contributed by atoms with E-state index in [0.29, 0.717) is 23.3 Å². The SMILES string of the molecule is COC(=O)CCC(=O)CBr.COC(=O)CCc1cnc(N)s1.NC(N)=S.[Br-]. The molecule has 0 saturated carbocycles. The molecular formula is C14H23Br2N4O5S2-. The number of thiazole rings is 1. The van der Waals surface area contributed by atoms with Crippen LogP contribution in [0.5, 0.6) is 0 Å². The first-order chi connectivity index (χ1) is 12.2. The van der Waals surface area contributed by atoms with Crippen LogP contribution in [-0.2, 0) is 30.3 Å². The highest BCUT2D eigenvalue weighted by molar-refractivity contribution is 9.09. The Balaban J connectivity index is -0.000000350. The Hall–Kier alpha value is -1.31. The molecule has 0 aromatic carbocycles. The molecule has 0 amide bonds. The molecular weight excluding hydrogens is 528 g/mol. The molecule has 156 valence electrons. The van der Waals surface area contributed by atoms with Crippen LogP contribution in [0.3, 0.4) is 0 Å². The molecule has 1 rings (SSSR count). The number of ketones is 1. The van der Waals surface area contributed by atoms with Crippen molar-refractivity contribution in [1.29, 1.82) is 0 Å². The van der Waals surface area contributed by atoms with Crippen LogP contribution in [0.15, 0.2) is 6.20 Å². The summed E-state index contributed by atoms with van der Waals surface area (Å²) in [6.07, 6.45) is 3.17. The van der Waals surface area contributed by atoms with Crippen LogP contribution >= 0.6 is 39.5 Å². The zero-order chi connectivity index (χ0) is 20.5. The van der Waals surface area contributed by atoms with Crippen molar-refractivity contribution < 1.29 is 40.8 Å². The molecule has 0 atom stereocenters. The van der Waals surface area contributed by atoms with Gasteiger partial charge in [-0.05, 0) is 18.6 Å². The van der Waals surface area contributed by atoms with Crippen molar-refractivity contribution in [1.82, 2.24) is 4.98 Å². The number of carbonyl (C=O) groups excluding carboxylic acids is 3. The van der Waals surface area contributed by atoms with Gasteiger partial charge in [0.05, 0.1) is 32.4 Å². The van der Waals surface area contributed by atoms with Gasteiger partial charge in [-0.2, -0.15) is 0 Å². The number of alkyl halides is 1. The first-order valence-corrected chi connectivity index (χ1v) is 9.47. The number of thiocarbonyl (C=S) groups is 1. The van der Waals surface area contributed by atoms with Gasteiger partial charge in [-0.3, -0.25) is 14.4 Å². The molecule has 0 radical (unpaired) electrons. The monoisotopic (exact) mass is 549 g/mol. The standard InChI is InChI=1S/C7H10N2O2S.C6H9BrO3.CH4N2S.BrH/c1-11-6(10)3-2-5-4-9-7(8)12-5;1-10-6(9)3-2-5(8)4-7;2-1(3)4;/h4H,2-3H2,1H3,(H2,8,9);2-4H2,1H3;(H4,2,3,4);1H/p-1. The number of Topliss-reactive ketones (excluding diaryl/α,β-unsaturated/α-hetero) is 1. The van der Waals surface area contributed by atoms with E-state index in [4.69, 9.17) is 5.73 Å². The lowest BCUT2D eigenvalue weighted by Crippen LogP contribution is -3.00. The minimum atomic E-state index is -0.339. The summed E-state index contributed by atoms with van der Waals surface area (Å²) in [6.45, 7) is 0. The summed E-state index contributed by atoms with van der Waals surface area (Å²) in [5.74, 6) is -0.526. The van der Waals surface area contributed by atoms with Gasteiger partial charge >= 0.3 is 11.9 Å². The summed E-state index contributed by atoms with van der Waals surface area (Å²) < 4.78 is 8.83. The van der Waals surface area contributed by atoms with Crippen LogP contribution < -0.4 is 34.2 Å². The van der Waals surface area contributed by atoms with Crippen LogP contribution in [0.1, 0.15) is 24.1 Å². The van der Waals surface area contributed by atoms with Gasteiger partial charge in [0.1, 0.15) is 5.78 Å². The smallest absolute Gasteiger partial charge is 0.305 e. The number of rotatable bonds is 7. The van der Waals surface area contributed by atoms with Gasteiger partial charge in [-0.25, -0.2) is 4.98 Å². The molecule has 0 unspecified atom stereocenters. The third kappa shape index (κ3) is 22.6. The molecule has 13 heteroatoms. The van der Waals surface area contributed by atoms with Crippen molar-refractivity contribution in [2.45, 2.75) is 25.7 Å². The highest BCUT2D eigenvalue weighted by atomic mass is 79.9. The van der Waals surface area contributed by atoms with Crippen molar-refractivity contribution >= 4 is 67.5 Å². The Morgan fingerprint density at radius 2 is 1.63 bits per heavy atom. The lowest BCUT2D eigenvalue weighted by atomic mass is 10.2. The fourth-order valence-electron chi connectivity index (χ4n) is 1.18. The molecule has 1 heterocycles. The maximum atomic E-state index is 10.7. The summed E-state index contributed by atoms with van der Waals surface area (Å²) in [5.41, 5.74) is 14.6. The number of esters is 2. The first-order valence-electron chi connectivity index (χ1n) is 7.12. The van der Waals surface area contributed by atoms with Gasteiger partial charge in [0.2, 0.25) is 0 Å². The van der Waals surface area contributed by atoms with E-state index >= 15 is 0 Å². The van der Waals surface area contributed by atoms with E-state index in [1.807, 2.05) is 0 Å². The molecule has 9 nitrogen and oxygen atoms in total. The van der Waals surface area contributed by atoms with E-state index in [0.717, 1.165) is 4.88 Å². The number of nitrogen functional groups attached to an aromatic ring is 1. The van der Waals surface area contributed by atoms with Crippen molar-refractivity contribution in [2.24, 2.45) is 11.5 Å². The zero-order valence-corrected chi connectivity index (χ0v) is 19.7. The molecule has 27 heavy (non-hydrogen) atoms. The molecule has 0 aliphatic rings. The number of nitrogens with zero attached hydrogens (tertiary/aromatic N) is 1. The minimum Gasteiger partial charge on any atom is -1.00 e. The van der Waals surface area contributed by atoms with Crippen LogP contribution in [0.4, 0.5) is 5.13 Å². The van der Waals surface area contributed by atoms with Crippen LogP contribution in [-0.4, -0.2) is 47.4 Å². The third-order valence-electron chi connectivity index (χ3n) is 2.36. The van der Waals surface area contributed by atoms with Gasteiger partial charge < -0.3 is 43.7 Å². The van der Waals surface area contributed by atoms with E-state index in [2.05, 4.69) is 54.1 Å². The van der Waals surface area contributed by atoms with Gasteiger partial charge in [-0.1, -0.05) is 15.9 Å². The van der Waals surface area contributed by atoms with Crippen LogP contribution in [0, 0.1) is 0 Å². The lowest BCUT2D eigenvalue weighted by molar-refractivity contribution is -0.142. The number of anilines is 1. The minimum absolute atomic E-state index is 0. The van der Waals surface area contributed by atoms with Crippen molar-refractivity contribution in [3.05, 3.63) is 11.1 Å². The number of ether oxygens (including phenoxy) is 2. The lowest BCUT2D eigenvalue weighted by Gasteiger charge is -1.95. The Morgan fingerprint density at radius 3 is 2.00 bits per heavy atom. The largest absolute Gasteiger partial charge is 1.00 e. The molecule has 1 aromatic heterocycles. The molecule has 0 aliphatic carbocycles. The number of methoxy groups -OCH3 is 2. The Bertz CT molecular complexity index is 568. The quantitative estimate of drug-likeness (QED) is 0.195. The highest BCUT2D eigenvalue weighted by Gasteiger charge is 2.04. The predicted octanol–water partition coefficient (Wildman–Crippen LogP) is -2.07. The fourth-order valence-corrected chi connectivity index (χ4v) is 2.14. The van der Waals surface area contributed by atoms with Crippen molar-refractivity contribution in [2.75, 3.05) is 25.3 Å². The summed E-state index contributed by atoms with van der Waals surface area (Å²) in [6, 6.07) is 0. The highest BCUT2D eigenvalue weighted by Crippen LogP contribution is 2.15. The van der Waals surface area contributed by atoms with Gasteiger partial charge in [-0.15, -0.1) is 11.3 Å².